The van der Waals surface area contributed by atoms with Crippen molar-refractivity contribution in [2.24, 2.45) is 5.92 Å². The molecule has 3 nitrogen and oxygen atoms in total. The summed E-state index contributed by atoms with van der Waals surface area (Å²) < 4.78 is 5.66. The minimum Gasteiger partial charge on any atom is -0.363 e. The molecule has 2 fully saturated rings. The molecule has 2 rings (SSSR count). The van der Waals surface area contributed by atoms with Crippen molar-refractivity contribution in [3.8, 4) is 0 Å². The van der Waals surface area contributed by atoms with Crippen LogP contribution in [0.5, 0.6) is 0 Å². The van der Waals surface area contributed by atoms with Crippen LogP contribution in [-0.4, -0.2) is 24.7 Å². The second kappa shape index (κ2) is 3.29. The highest BCUT2D eigenvalue weighted by Crippen LogP contribution is 2.39. The van der Waals surface area contributed by atoms with Crippen LogP contribution in [0, 0.1) is 5.92 Å². The molecule has 2 aliphatic rings. The molecule has 1 saturated heterocycles. The van der Waals surface area contributed by atoms with Crippen LogP contribution in [0.1, 0.15) is 32.6 Å². The highest BCUT2D eigenvalue weighted by Gasteiger charge is 2.42. The third kappa shape index (κ3) is 1.70. The maximum Gasteiger partial charge on any atom is 0.246 e. The van der Waals surface area contributed by atoms with Crippen molar-refractivity contribution >= 4 is 5.91 Å². The van der Waals surface area contributed by atoms with E-state index >= 15 is 0 Å². The van der Waals surface area contributed by atoms with Crippen molar-refractivity contribution in [3.05, 3.63) is 0 Å². The molecular weight excluding hydrogens is 166 g/mol. The summed E-state index contributed by atoms with van der Waals surface area (Å²) in [7, 11) is 0. The average Bonchev–Trinajstić information content (AvgIpc) is 2.55. The summed E-state index contributed by atoms with van der Waals surface area (Å²) in [5.41, 5.74) is -0.00537. The molecule has 1 saturated carbocycles. The Morgan fingerprint density at radius 1 is 1.69 bits per heavy atom. The van der Waals surface area contributed by atoms with Gasteiger partial charge in [0.2, 0.25) is 5.91 Å². The number of hydrogen-bond acceptors (Lipinski definition) is 2. The smallest absolute Gasteiger partial charge is 0.246 e. The van der Waals surface area contributed by atoms with E-state index in [-0.39, 0.29) is 18.1 Å². The van der Waals surface area contributed by atoms with Gasteiger partial charge in [0, 0.05) is 6.54 Å². The van der Waals surface area contributed by atoms with Gasteiger partial charge in [-0.05, 0) is 25.2 Å². The molecule has 0 aromatic heterocycles. The van der Waals surface area contributed by atoms with E-state index in [1.54, 1.807) is 0 Å². The largest absolute Gasteiger partial charge is 0.363 e. The number of morpholine rings is 1. The van der Waals surface area contributed by atoms with Gasteiger partial charge in [-0.3, -0.25) is 4.79 Å². The number of hydrogen-bond donors (Lipinski definition) is 1. The lowest BCUT2D eigenvalue weighted by Gasteiger charge is -2.33. The predicted molar refractivity (Wildman–Crippen MR) is 49.3 cm³/mol. The Morgan fingerprint density at radius 3 is 3.08 bits per heavy atom. The second-order valence-electron chi connectivity index (χ2n) is 4.27. The van der Waals surface area contributed by atoms with Gasteiger partial charge in [-0.25, -0.2) is 0 Å². The highest BCUT2D eigenvalue weighted by molar-refractivity contribution is 5.78. The standard InChI is InChI=1S/C10H17NO2/c1-2-8-3-4-10(5-8)7-11-9(12)6-13-10/h8H,2-7H2,1H3,(H,11,12). The normalized spacial score (nSPS) is 39.5. The van der Waals surface area contributed by atoms with E-state index in [4.69, 9.17) is 4.74 Å². The van der Waals surface area contributed by atoms with E-state index in [9.17, 15) is 4.79 Å². The lowest BCUT2D eigenvalue weighted by Crippen LogP contribution is -2.51. The minimum absolute atomic E-state index is 0.00537. The van der Waals surface area contributed by atoms with Crippen molar-refractivity contribution in [1.29, 1.82) is 0 Å². The molecule has 2 unspecified atom stereocenters. The van der Waals surface area contributed by atoms with Crippen LogP contribution >= 0.6 is 0 Å². The molecule has 3 heteroatoms. The van der Waals surface area contributed by atoms with Gasteiger partial charge in [0.1, 0.15) is 6.61 Å². The Kier molecular flexibility index (Phi) is 2.28. The summed E-state index contributed by atoms with van der Waals surface area (Å²) in [5.74, 6) is 0.834. The number of carbonyl (C=O) groups is 1. The highest BCUT2D eigenvalue weighted by atomic mass is 16.5. The van der Waals surface area contributed by atoms with Gasteiger partial charge in [-0.1, -0.05) is 13.3 Å². The fourth-order valence-corrected chi connectivity index (χ4v) is 2.42. The second-order valence-corrected chi connectivity index (χ2v) is 4.27. The Hall–Kier alpha value is -0.570. The van der Waals surface area contributed by atoms with Crippen molar-refractivity contribution in [1.82, 2.24) is 5.32 Å². The van der Waals surface area contributed by atoms with Gasteiger partial charge in [0.15, 0.2) is 0 Å². The first-order valence-electron chi connectivity index (χ1n) is 5.15. The van der Waals surface area contributed by atoms with Crippen LogP contribution < -0.4 is 5.32 Å². The van der Waals surface area contributed by atoms with Gasteiger partial charge in [-0.2, -0.15) is 0 Å². The molecular formula is C10H17NO2. The molecule has 1 aliphatic carbocycles. The summed E-state index contributed by atoms with van der Waals surface area (Å²) in [4.78, 5) is 10.9. The van der Waals surface area contributed by atoms with Crippen LogP contribution in [0.4, 0.5) is 0 Å². The minimum atomic E-state index is -0.00537. The number of rotatable bonds is 1. The number of carbonyl (C=O) groups excluding carboxylic acids is 1. The first kappa shape index (κ1) is 9.00. The van der Waals surface area contributed by atoms with Gasteiger partial charge in [0.05, 0.1) is 5.60 Å². The van der Waals surface area contributed by atoms with Gasteiger partial charge >= 0.3 is 0 Å². The van der Waals surface area contributed by atoms with Crippen molar-refractivity contribution in [3.63, 3.8) is 0 Å². The van der Waals surface area contributed by atoms with E-state index in [2.05, 4.69) is 12.2 Å². The molecule has 1 heterocycles. The molecule has 0 aromatic rings. The number of amides is 1. The molecule has 1 spiro atoms. The van der Waals surface area contributed by atoms with Gasteiger partial charge in [-0.15, -0.1) is 0 Å². The zero-order valence-corrected chi connectivity index (χ0v) is 8.14. The molecule has 0 radical (unpaired) electrons. The first-order chi connectivity index (χ1) is 6.24. The van der Waals surface area contributed by atoms with Gasteiger partial charge in [0.25, 0.3) is 0 Å². The van der Waals surface area contributed by atoms with E-state index in [0.29, 0.717) is 0 Å². The number of nitrogens with one attached hydrogen (secondary N) is 1. The van der Waals surface area contributed by atoms with Crippen LogP contribution in [0.25, 0.3) is 0 Å². The van der Waals surface area contributed by atoms with Crippen molar-refractivity contribution in [2.45, 2.75) is 38.2 Å². The quantitative estimate of drug-likeness (QED) is 0.660. The van der Waals surface area contributed by atoms with Crippen LogP contribution in [0.2, 0.25) is 0 Å². The SMILES string of the molecule is CCC1CCC2(CNC(=O)CO2)C1. The fourth-order valence-electron chi connectivity index (χ4n) is 2.42. The van der Waals surface area contributed by atoms with Crippen LogP contribution in [0.3, 0.4) is 0 Å². The van der Waals surface area contributed by atoms with Crippen LogP contribution in [-0.2, 0) is 9.53 Å². The zero-order valence-electron chi connectivity index (χ0n) is 8.14. The molecule has 0 bridgehead atoms. The molecule has 2 atom stereocenters. The summed E-state index contributed by atoms with van der Waals surface area (Å²) >= 11 is 0. The Labute approximate surface area is 78.8 Å². The average molecular weight is 183 g/mol. The van der Waals surface area contributed by atoms with E-state index in [0.717, 1.165) is 25.3 Å². The Morgan fingerprint density at radius 2 is 2.54 bits per heavy atom. The van der Waals surface area contributed by atoms with E-state index < -0.39 is 0 Å². The molecule has 1 N–H and O–H groups in total. The molecule has 1 amide bonds. The summed E-state index contributed by atoms with van der Waals surface area (Å²) in [6.45, 7) is 3.21. The number of ether oxygens (including phenoxy) is 1. The van der Waals surface area contributed by atoms with Crippen molar-refractivity contribution < 1.29 is 9.53 Å². The maximum absolute atomic E-state index is 10.9. The Bertz CT molecular complexity index is 205. The summed E-state index contributed by atoms with van der Waals surface area (Å²) in [6.07, 6.45) is 4.74. The summed E-state index contributed by atoms with van der Waals surface area (Å²) in [5, 5.41) is 2.90. The topological polar surface area (TPSA) is 38.3 Å². The first-order valence-corrected chi connectivity index (χ1v) is 5.15. The third-order valence-corrected chi connectivity index (χ3v) is 3.36. The van der Waals surface area contributed by atoms with Crippen LogP contribution in [0.15, 0.2) is 0 Å². The van der Waals surface area contributed by atoms with Gasteiger partial charge < -0.3 is 10.1 Å². The van der Waals surface area contributed by atoms with E-state index in [1.807, 2.05) is 0 Å². The predicted octanol–water partition coefficient (Wildman–Crippen LogP) is 1.08. The fraction of sp³-hybridized carbons (Fsp3) is 0.900. The molecule has 74 valence electrons. The lowest BCUT2D eigenvalue weighted by atomic mass is 9.97. The van der Waals surface area contributed by atoms with E-state index in [1.165, 1.54) is 12.8 Å². The molecule has 0 aromatic carbocycles. The monoisotopic (exact) mass is 183 g/mol. The molecule has 1 aliphatic heterocycles. The van der Waals surface area contributed by atoms with Crippen molar-refractivity contribution in [2.75, 3.05) is 13.2 Å². The lowest BCUT2D eigenvalue weighted by molar-refractivity contribution is -0.143. The molecule has 13 heavy (non-hydrogen) atoms. The maximum atomic E-state index is 10.9. The zero-order chi connectivity index (χ0) is 9.31. The summed E-state index contributed by atoms with van der Waals surface area (Å²) in [6, 6.07) is 0. The third-order valence-electron chi connectivity index (χ3n) is 3.36. The Balaban J connectivity index is 1.95.